The Morgan fingerprint density at radius 3 is 2.81 bits per heavy atom. The molecule has 0 saturated carbocycles. The van der Waals surface area contributed by atoms with Gasteiger partial charge in [-0.25, -0.2) is 19.9 Å². The Morgan fingerprint density at radius 2 is 2.04 bits per heavy atom. The van der Waals surface area contributed by atoms with Crippen LogP contribution in [0.2, 0.25) is 0 Å². The molecule has 1 aliphatic heterocycles. The van der Waals surface area contributed by atoms with Crippen LogP contribution in [0.4, 0.5) is 17.5 Å². The maximum absolute atomic E-state index is 9.06. The van der Waals surface area contributed by atoms with Crippen LogP contribution < -0.4 is 10.2 Å². The molecule has 1 aromatic carbocycles. The van der Waals surface area contributed by atoms with Gasteiger partial charge in [0.15, 0.2) is 5.82 Å². The lowest BCUT2D eigenvalue weighted by Crippen LogP contribution is -2.34. The van der Waals surface area contributed by atoms with Crippen molar-refractivity contribution >= 4 is 28.5 Å². The van der Waals surface area contributed by atoms with Crippen LogP contribution in [0.1, 0.15) is 18.4 Å². The number of aryl methyl sites for hydroxylation is 1. The fourth-order valence-electron chi connectivity index (χ4n) is 3.16. The summed E-state index contributed by atoms with van der Waals surface area (Å²) in [5.41, 5.74) is 3.52. The molecule has 26 heavy (non-hydrogen) atoms. The normalized spacial score (nSPS) is 15.0. The summed E-state index contributed by atoms with van der Waals surface area (Å²) in [6.45, 7) is 3.63. The van der Waals surface area contributed by atoms with Crippen LogP contribution >= 0.6 is 0 Å². The predicted octanol–water partition coefficient (Wildman–Crippen LogP) is 3.21. The lowest BCUT2D eigenvalue weighted by molar-refractivity contribution is 0.482. The standard InChI is InChI=1S/C19H19N7/c1-13-3-2-4-15(9-13)24-18-17-16(22-12-23-18)11-21-19(25-17)26-7-5-14(10-20)6-8-26/h2-4,9,11-12,14H,5-8H2,1H3,(H,22,23,24). The fourth-order valence-corrected chi connectivity index (χ4v) is 3.16. The molecule has 0 unspecified atom stereocenters. The molecule has 0 aliphatic carbocycles. The maximum Gasteiger partial charge on any atom is 0.226 e. The Bertz CT molecular complexity index is 971. The highest BCUT2D eigenvalue weighted by atomic mass is 15.3. The zero-order valence-electron chi connectivity index (χ0n) is 14.6. The van der Waals surface area contributed by atoms with E-state index in [9.17, 15) is 0 Å². The molecule has 1 fully saturated rings. The van der Waals surface area contributed by atoms with E-state index in [1.807, 2.05) is 25.1 Å². The molecule has 3 heterocycles. The zero-order chi connectivity index (χ0) is 17.9. The van der Waals surface area contributed by atoms with Gasteiger partial charge in [0.25, 0.3) is 0 Å². The molecule has 0 spiro atoms. The second-order valence-electron chi connectivity index (χ2n) is 6.51. The van der Waals surface area contributed by atoms with Gasteiger partial charge in [0, 0.05) is 24.7 Å². The molecule has 7 nitrogen and oxygen atoms in total. The van der Waals surface area contributed by atoms with Gasteiger partial charge in [-0.2, -0.15) is 5.26 Å². The third-order valence-corrected chi connectivity index (χ3v) is 4.61. The molecule has 4 rings (SSSR count). The molecule has 130 valence electrons. The van der Waals surface area contributed by atoms with Crippen molar-refractivity contribution < 1.29 is 0 Å². The van der Waals surface area contributed by atoms with Crippen LogP contribution in [0.3, 0.4) is 0 Å². The van der Waals surface area contributed by atoms with E-state index in [1.54, 1.807) is 6.20 Å². The van der Waals surface area contributed by atoms with Crippen molar-refractivity contribution in [1.82, 2.24) is 19.9 Å². The number of hydrogen-bond donors (Lipinski definition) is 1. The summed E-state index contributed by atoms with van der Waals surface area (Å²) in [4.78, 5) is 19.9. The third kappa shape index (κ3) is 3.26. The van der Waals surface area contributed by atoms with Crippen LogP contribution in [0.15, 0.2) is 36.8 Å². The number of nitrogens with zero attached hydrogens (tertiary/aromatic N) is 6. The number of anilines is 3. The van der Waals surface area contributed by atoms with Gasteiger partial charge in [0.05, 0.1) is 12.3 Å². The van der Waals surface area contributed by atoms with E-state index >= 15 is 0 Å². The average Bonchev–Trinajstić information content (AvgIpc) is 2.68. The lowest BCUT2D eigenvalue weighted by Gasteiger charge is -2.29. The quantitative estimate of drug-likeness (QED) is 0.779. The monoisotopic (exact) mass is 345 g/mol. The minimum atomic E-state index is 0.133. The Labute approximate surface area is 151 Å². The molecule has 1 N–H and O–H groups in total. The summed E-state index contributed by atoms with van der Waals surface area (Å²) in [6, 6.07) is 10.5. The van der Waals surface area contributed by atoms with E-state index < -0.39 is 0 Å². The smallest absolute Gasteiger partial charge is 0.226 e. The second-order valence-corrected chi connectivity index (χ2v) is 6.51. The number of fused-ring (bicyclic) bond motifs is 1. The molecule has 0 amide bonds. The highest BCUT2D eigenvalue weighted by Crippen LogP contribution is 2.25. The number of rotatable bonds is 3. The molecule has 7 heteroatoms. The van der Waals surface area contributed by atoms with E-state index in [1.165, 1.54) is 11.9 Å². The topological polar surface area (TPSA) is 90.6 Å². The summed E-state index contributed by atoms with van der Waals surface area (Å²) in [5, 5.41) is 12.4. The van der Waals surface area contributed by atoms with Crippen molar-refractivity contribution in [3.05, 3.63) is 42.4 Å². The highest BCUT2D eigenvalue weighted by Gasteiger charge is 2.21. The Balaban J connectivity index is 1.65. The average molecular weight is 345 g/mol. The van der Waals surface area contributed by atoms with Crippen molar-refractivity contribution in [2.24, 2.45) is 5.92 Å². The first kappa shape index (κ1) is 16.2. The van der Waals surface area contributed by atoms with E-state index in [4.69, 9.17) is 10.2 Å². The maximum atomic E-state index is 9.06. The molecule has 0 radical (unpaired) electrons. The van der Waals surface area contributed by atoms with Crippen molar-refractivity contribution in [2.75, 3.05) is 23.3 Å². The fraction of sp³-hybridized carbons (Fsp3) is 0.316. The largest absolute Gasteiger partial charge is 0.341 e. The number of piperidine rings is 1. The first-order valence-corrected chi connectivity index (χ1v) is 8.69. The molecular weight excluding hydrogens is 326 g/mol. The predicted molar refractivity (Wildman–Crippen MR) is 100 cm³/mol. The lowest BCUT2D eigenvalue weighted by atomic mass is 9.99. The highest BCUT2D eigenvalue weighted by molar-refractivity contribution is 5.87. The number of hydrogen-bond acceptors (Lipinski definition) is 7. The van der Waals surface area contributed by atoms with Crippen LogP contribution in [-0.2, 0) is 0 Å². The minimum absolute atomic E-state index is 0.133. The van der Waals surface area contributed by atoms with Crippen molar-refractivity contribution in [3.63, 3.8) is 0 Å². The van der Waals surface area contributed by atoms with Gasteiger partial charge >= 0.3 is 0 Å². The minimum Gasteiger partial charge on any atom is -0.341 e. The number of aromatic nitrogens is 4. The Hall–Kier alpha value is -3.27. The number of nitrogens with one attached hydrogen (secondary N) is 1. The van der Waals surface area contributed by atoms with E-state index in [0.717, 1.165) is 31.6 Å². The van der Waals surface area contributed by atoms with Gasteiger partial charge in [-0.05, 0) is 37.5 Å². The summed E-state index contributed by atoms with van der Waals surface area (Å²) in [6.07, 6.45) is 4.94. The van der Waals surface area contributed by atoms with Crippen molar-refractivity contribution in [1.29, 1.82) is 5.26 Å². The van der Waals surface area contributed by atoms with Gasteiger partial charge in [0.2, 0.25) is 5.95 Å². The summed E-state index contributed by atoms with van der Waals surface area (Å²) < 4.78 is 0. The van der Waals surface area contributed by atoms with Crippen LogP contribution in [-0.4, -0.2) is 33.0 Å². The van der Waals surface area contributed by atoms with Gasteiger partial charge in [-0.1, -0.05) is 12.1 Å². The Kier molecular flexibility index (Phi) is 4.32. The number of nitriles is 1. The van der Waals surface area contributed by atoms with E-state index in [0.29, 0.717) is 22.8 Å². The molecule has 2 aromatic heterocycles. The summed E-state index contributed by atoms with van der Waals surface area (Å²) >= 11 is 0. The molecule has 3 aromatic rings. The van der Waals surface area contributed by atoms with Crippen molar-refractivity contribution in [3.8, 4) is 6.07 Å². The third-order valence-electron chi connectivity index (χ3n) is 4.61. The summed E-state index contributed by atoms with van der Waals surface area (Å²) in [7, 11) is 0. The molecule has 0 atom stereocenters. The Morgan fingerprint density at radius 1 is 1.19 bits per heavy atom. The number of benzene rings is 1. The van der Waals surface area contributed by atoms with Crippen LogP contribution in [0.25, 0.3) is 11.0 Å². The first-order chi connectivity index (χ1) is 12.7. The van der Waals surface area contributed by atoms with E-state index in [2.05, 4.69) is 37.3 Å². The molecule has 1 saturated heterocycles. The van der Waals surface area contributed by atoms with Crippen LogP contribution in [0.5, 0.6) is 0 Å². The molecular formula is C19H19N7. The SMILES string of the molecule is Cc1cccc(Nc2ncnc3cnc(N4CCC(C#N)CC4)nc23)c1. The van der Waals surface area contributed by atoms with Crippen molar-refractivity contribution in [2.45, 2.75) is 19.8 Å². The van der Waals surface area contributed by atoms with Gasteiger partial charge in [-0.15, -0.1) is 0 Å². The van der Waals surface area contributed by atoms with Gasteiger partial charge < -0.3 is 10.2 Å². The van der Waals surface area contributed by atoms with E-state index in [-0.39, 0.29) is 5.92 Å². The van der Waals surface area contributed by atoms with Gasteiger partial charge in [0.1, 0.15) is 17.4 Å². The molecule has 1 aliphatic rings. The van der Waals surface area contributed by atoms with Crippen LogP contribution in [0, 0.1) is 24.2 Å². The molecule has 0 bridgehead atoms. The first-order valence-electron chi connectivity index (χ1n) is 8.69. The zero-order valence-corrected chi connectivity index (χ0v) is 14.6. The van der Waals surface area contributed by atoms with Gasteiger partial charge in [-0.3, -0.25) is 0 Å². The summed E-state index contributed by atoms with van der Waals surface area (Å²) in [5.74, 6) is 1.46. The second kappa shape index (κ2) is 6.92.